The van der Waals surface area contributed by atoms with Gasteiger partial charge in [-0.2, -0.15) is 0 Å². The van der Waals surface area contributed by atoms with Gasteiger partial charge in [0, 0.05) is 0 Å². The predicted molar refractivity (Wildman–Crippen MR) is 72.7 cm³/mol. The molecule has 2 rings (SSSR count). The number of carboxylic acids is 2. The van der Waals surface area contributed by atoms with Crippen LogP contribution in [0.1, 0.15) is 11.1 Å². The van der Waals surface area contributed by atoms with Crippen LogP contribution in [0.3, 0.4) is 0 Å². The molecule has 4 nitrogen and oxygen atoms in total. The molecule has 23 heavy (non-hydrogen) atoms. The zero-order valence-corrected chi connectivity index (χ0v) is 13.3. The van der Waals surface area contributed by atoms with Crippen molar-refractivity contribution in [1.82, 2.24) is 0 Å². The minimum absolute atomic E-state index is 0. The fourth-order valence-electron chi connectivity index (χ4n) is 2.32. The van der Waals surface area contributed by atoms with Crippen LogP contribution in [-0.2, 0) is 22.4 Å². The number of carboxylic acid groups (broad SMARTS) is 2. The van der Waals surface area contributed by atoms with Gasteiger partial charge >= 0.3 is 37.7 Å². The molecule has 0 spiro atoms. The normalized spacial score (nSPS) is 10.1. The van der Waals surface area contributed by atoms with Crippen molar-refractivity contribution in [3.8, 4) is 0 Å². The van der Waals surface area contributed by atoms with Crippen LogP contribution in [0.25, 0.3) is 0 Å². The van der Waals surface area contributed by atoms with Crippen LogP contribution in [0.5, 0.6) is 0 Å². The van der Waals surface area contributed by atoms with Gasteiger partial charge in [-0.3, -0.25) is 0 Å². The molecule has 0 aliphatic carbocycles. The summed E-state index contributed by atoms with van der Waals surface area (Å²) in [6.07, 6.45) is -0.346. The Kier molecular flexibility index (Phi) is 9.06. The van der Waals surface area contributed by atoms with E-state index in [1.807, 2.05) is 0 Å². The largest absolute Gasteiger partial charge is 1.00 e. The molecule has 0 heterocycles. The van der Waals surface area contributed by atoms with Crippen LogP contribution in [0.4, 0.5) is 0 Å². The molecule has 2 aromatic rings. The standard InChI is InChI=1S/C17H16O4.2Li/c18-15(19)17(16(20)21,11-13-7-3-1-4-8-13)12-14-9-5-2-6-10-14;;/h1-10H,11-12H2,(H,18,19)(H,20,21);;/q;2*+1/p-2. The van der Waals surface area contributed by atoms with Crippen molar-refractivity contribution >= 4 is 11.9 Å². The second-order valence-corrected chi connectivity index (χ2v) is 4.98. The summed E-state index contributed by atoms with van der Waals surface area (Å²) in [5.74, 6) is -3.26. The van der Waals surface area contributed by atoms with Crippen LogP contribution < -0.4 is 47.9 Å². The smallest absolute Gasteiger partial charge is 0.549 e. The van der Waals surface area contributed by atoms with E-state index in [0.717, 1.165) is 0 Å². The Morgan fingerprint density at radius 2 is 1.00 bits per heavy atom. The third kappa shape index (κ3) is 5.31. The van der Waals surface area contributed by atoms with Gasteiger partial charge in [0.15, 0.2) is 0 Å². The topological polar surface area (TPSA) is 80.3 Å². The van der Waals surface area contributed by atoms with Crippen LogP contribution in [-0.4, -0.2) is 11.9 Å². The molecule has 0 fully saturated rings. The molecule has 108 valence electrons. The molecule has 0 amide bonds. The number of benzene rings is 2. The third-order valence-corrected chi connectivity index (χ3v) is 3.48. The monoisotopic (exact) mass is 296 g/mol. The maximum atomic E-state index is 11.5. The number of hydrogen-bond acceptors (Lipinski definition) is 4. The van der Waals surface area contributed by atoms with Crippen molar-refractivity contribution < 1.29 is 57.5 Å². The molecule has 0 atom stereocenters. The van der Waals surface area contributed by atoms with Crippen molar-refractivity contribution in [2.45, 2.75) is 12.8 Å². The molecule has 0 N–H and O–H groups in total. The van der Waals surface area contributed by atoms with Gasteiger partial charge in [0.1, 0.15) is 0 Å². The first-order valence-corrected chi connectivity index (χ1v) is 6.55. The average Bonchev–Trinajstić information content (AvgIpc) is 2.48. The zero-order valence-electron chi connectivity index (χ0n) is 13.3. The molecule has 0 aromatic heterocycles. The number of aliphatic carboxylic acids is 2. The number of hydrogen-bond donors (Lipinski definition) is 0. The molecule has 0 bridgehead atoms. The van der Waals surface area contributed by atoms with Crippen LogP contribution in [0.15, 0.2) is 60.7 Å². The van der Waals surface area contributed by atoms with Crippen LogP contribution in [0, 0.1) is 5.41 Å². The minimum atomic E-state index is -2.08. The van der Waals surface area contributed by atoms with Gasteiger partial charge < -0.3 is 19.8 Å². The summed E-state index contributed by atoms with van der Waals surface area (Å²) < 4.78 is 0. The molecule has 2 aromatic carbocycles. The first-order valence-electron chi connectivity index (χ1n) is 6.55. The maximum Gasteiger partial charge on any atom is 1.00 e. The van der Waals surface area contributed by atoms with Crippen LogP contribution in [0.2, 0.25) is 0 Å². The fourth-order valence-corrected chi connectivity index (χ4v) is 2.32. The Balaban J connectivity index is 0.00000242. The first-order chi connectivity index (χ1) is 10.0. The number of rotatable bonds is 6. The third-order valence-electron chi connectivity index (χ3n) is 3.48. The Labute approximate surface area is 159 Å². The molecular weight excluding hydrogens is 282 g/mol. The van der Waals surface area contributed by atoms with Gasteiger partial charge in [0.25, 0.3) is 0 Å². The van der Waals surface area contributed by atoms with E-state index in [9.17, 15) is 19.8 Å². The summed E-state index contributed by atoms with van der Waals surface area (Å²) in [7, 11) is 0. The Morgan fingerprint density at radius 1 is 0.696 bits per heavy atom. The Morgan fingerprint density at radius 3 is 1.26 bits per heavy atom. The summed E-state index contributed by atoms with van der Waals surface area (Å²) in [6.45, 7) is 0. The van der Waals surface area contributed by atoms with E-state index < -0.39 is 17.4 Å². The van der Waals surface area contributed by atoms with Crippen molar-refractivity contribution in [2.75, 3.05) is 0 Å². The summed E-state index contributed by atoms with van der Waals surface area (Å²) in [5.41, 5.74) is -0.855. The van der Waals surface area contributed by atoms with E-state index in [2.05, 4.69) is 0 Å². The van der Waals surface area contributed by atoms with Crippen molar-refractivity contribution in [1.29, 1.82) is 0 Å². The SMILES string of the molecule is O=C([O-])C(Cc1ccccc1)(Cc1ccccc1)C(=O)[O-].[Li+].[Li+]. The summed E-state index contributed by atoms with van der Waals surface area (Å²) in [6, 6.07) is 17.2. The second-order valence-electron chi connectivity index (χ2n) is 4.98. The van der Waals surface area contributed by atoms with Gasteiger partial charge in [0.05, 0.1) is 17.4 Å². The number of carbonyl (C=O) groups excluding carboxylic acids is 2. The summed E-state index contributed by atoms with van der Waals surface area (Å²) >= 11 is 0. The van der Waals surface area contributed by atoms with Crippen molar-refractivity contribution in [3.63, 3.8) is 0 Å². The van der Waals surface area contributed by atoms with E-state index in [0.29, 0.717) is 11.1 Å². The second kappa shape index (κ2) is 9.66. The fraction of sp³-hybridized carbons (Fsp3) is 0.176. The van der Waals surface area contributed by atoms with Crippen molar-refractivity contribution in [3.05, 3.63) is 71.8 Å². The van der Waals surface area contributed by atoms with Gasteiger partial charge in [-0.15, -0.1) is 0 Å². The molecule has 6 heteroatoms. The molecule has 0 aliphatic heterocycles. The Bertz CT molecular complexity index is 572. The first kappa shape index (κ1) is 21.6. The van der Waals surface area contributed by atoms with E-state index in [-0.39, 0.29) is 50.6 Å². The van der Waals surface area contributed by atoms with E-state index in [1.54, 1.807) is 60.7 Å². The Hall–Kier alpha value is -1.43. The van der Waals surface area contributed by atoms with Gasteiger partial charge in [-0.25, -0.2) is 0 Å². The zero-order chi connectivity index (χ0) is 15.3. The number of carbonyl (C=O) groups is 2. The molecule has 0 aliphatic rings. The molecule has 0 radical (unpaired) electrons. The minimum Gasteiger partial charge on any atom is -0.549 e. The van der Waals surface area contributed by atoms with Crippen molar-refractivity contribution in [2.24, 2.45) is 5.41 Å². The average molecular weight is 296 g/mol. The summed E-state index contributed by atoms with van der Waals surface area (Å²) in [4.78, 5) is 23.1. The van der Waals surface area contributed by atoms with Gasteiger partial charge in [-0.05, 0) is 24.0 Å². The van der Waals surface area contributed by atoms with Crippen LogP contribution >= 0.6 is 0 Å². The van der Waals surface area contributed by atoms with Gasteiger partial charge in [0.2, 0.25) is 0 Å². The predicted octanol–water partition coefficient (Wildman–Crippen LogP) is -6.03. The maximum absolute atomic E-state index is 11.5. The van der Waals surface area contributed by atoms with Gasteiger partial charge in [-0.1, -0.05) is 60.7 Å². The van der Waals surface area contributed by atoms with E-state index >= 15 is 0 Å². The molecule has 0 saturated heterocycles. The molecular formula is C17H14Li2O4. The quantitative estimate of drug-likeness (QED) is 0.393. The molecule has 0 unspecified atom stereocenters. The molecule has 0 saturated carbocycles. The van der Waals surface area contributed by atoms with E-state index in [4.69, 9.17) is 0 Å². The summed E-state index contributed by atoms with van der Waals surface area (Å²) in [5, 5.41) is 23.1. The van der Waals surface area contributed by atoms with E-state index in [1.165, 1.54) is 0 Å².